The van der Waals surface area contributed by atoms with Gasteiger partial charge in [0.05, 0.1) is 6.10 Å². The van der Waals surface area contributed by atoms with E-state index in [1.807, 2.05) is 0 Å². The van der Waals surface area contributed by atoms with Crippen LogP contribution in [0.2, 0.25) is 0 Å². The van der Waals surface area contributed by atoms with Gasteiger partial charge in [0.1, 0.15) is 18.0 Å². The smallest absolute Gasteiger partial charge is 0.460 e. The second-order valence-electron chi connectivity index (χ2n) is 15.3. The van der Waals surface area contributed by atoms with Crippen LogP contribution < -0.4 is 4.74 Å². The predicted molar refractivity (Wildman–Crippen MR) is 163 cm³/mol. The molecule has 0 aromatic heterocycles. The highest BCUT2D eigenvalue weighted by Crippen LogP contribution is 2.71. The summed E-state index contributed by atoms with van der Waals surface area (Å²) in [6.07, 6.45) is -2.41. The largest absolute Gasteiger partial charge is 0.573 e. The molecule has 47 heavy (non-hydrogen) atoms. The molecule has 0 amide bonds. The van der Waals surface area contributed by atoms with E-state index in [1.54, 1.807) is 6.07 Å². The number of aliphatic hydroxyl groups is 1. The number of halogens is 5. The molecule has 6 nitrogen and oxygen atoms in total. The molecule has 0 radical (unpaired) electrons. The normalized spacial score (nSPS) is 37.5. The first kappa shape index (κ1) is 35.9. The lowest BCUT2D eigenvalue weighted by Gasteiger charge is -2.63. The summed E-state index contributed by atoms with van der Waals surface area (Å²) < 4.78 is 86.9. The van der Waals surface area contributed by atoms with Crippen molar-refractivity contribution in [1.29, 1.82) is 0 Å². The van der Waals surface area contributed by atoms with E-state index in [-0.39, 0.29) is 34.7 Å². The van der Waals surface area contributed by atoms with E-state index in [1.165, 1.54) is 32.0 Å². The number of hydrogen-bond acceptors (Lipinski definition) is 6. The Morgan fingerprint density at radius 1 is 0.936 bits per heavy atom. The van der Waals surface area contributed by atoms with E-state index in [4.69, 9.17) is 9.47 Å². The number of rotatable bonds is 9. The molecule has 11 atom stereocenters. The van der Waals surface area contributed by atoms with Crippen LogP contribution >= 0.6 is 0 Å². The number of ether oxygens (including phenoxy) is 3. The summed E-state index contributed by atoms with van der Waals surface area (Å²) in [6.45, 7) is 8.86. The fourth-order valence-electron chi connectivity index (χ4n) is 10.8. The monoisotopic (exact) mass is 672 g/mol. The molecular weight excluding hydrogens is 623 g/mol. The summed E-state index contributed by atoms with van der Waals surface area (Å²) in [5, 5.41) is 11.2. The first-order chi connectivity index (χ1) is 21.9. The van der Waals surface area contributed by atoms with Crippen molar-refractivity contribution in [1.82, 2.24) is 0 Å². The zero-order valence-corrected chi connectivity index (χ0v) is 28.0. The van der Waals surface area contributed by atoms with Gasteiger partial charge >= 0.3 is 18.3 Å². The zero-order valence-electron chi connectivity index (χ0n) is 28.0. The van der Waals surface area contributed by atoms with Crippen molar-refractivity contribution in [3.8, 4) is 5.75 Å². The van der Waals surface area contributed by atoms with Crippen molar-refractivity contribution in [2.45, 2.75) is 129 Å². The van der Waals surface area contributed by atoms with Crippen molar-refractivity contribution in [3.05, 3.63) is 29.8 Å². The zero-order chi connectivity index (χ0) is 34.5. The quantitative estimate of drug-likeness (QED) is 0.209. The standard InChI is InChI=1S/C36H49F5O6/c1-20(9-8-12-28(45-21(2)42)23-10-6-7-11-29(23)47-36(39,40)41)24-13-14-25-31-26(15-17-33(24,25)4)34(5)18-16-30(46-22(3)43)32(44)27(34)19-35(31,37)38/h6-7,10-11,20,24-28,30-32,44H,8-9,12-19H2,1-5H3/t20-,24-,25+,26+,27+,28?,30+,31+,32-,33-,34-/m1/s1. The molecule has 1 unspecified atom stereocenters. The van der Waals surface area contributed by atoms with Crippen LogP contribution in [0.25, 0.3) is 0 Å². The Morgan fingerprint density at radius 3 is 2.26 bits per heavy atom. The van der Waals surface area contributed by atoms with Gasteiger partial charge in [0, 0.05) is 31.7 Å². The van der Waals surface area contributed by atoms with Gasteiger partial charge in [-0.25, -0.2) is 8.78 Å². The van der Waals surface area contributed by atoms with Gasteiger partial charge in [-0.2, -0.15) is 0 Å². The van der Waals surface area contributed by atoms with Gasteiger partial charge in [-0.3, -0.25) is 9.59 Å². The topological polar surface area (TPSA) is 82.1 Å². The van der Waals surface area contributed by atoms with Crippen LogP contribution in [0.15, 0.2) is 24.3 Å². The number of para-hydroxylation sites is 1. The maximum atomic E-state index is 16.3. The van der Waals surface area contributed by atoms with Crippen molar-refractivity contribution < 1.29 is 50.9 Å². The van der Waals surface area contributed by atoms with E-state index >= 15 is 8.78 Å². The van der Waals surface area contributed by atoms with Crippen molar-refractivity contribution in [2.24, 2.45) is 46.3 Å². The van der Waals surface area contributed by atoms with Gasteiger partial charge in [-0.05, 0) is 97.9 Å². The molecule has 0 aliphatic heterocycles. The van der Waals surface area contributed by atoms with E-state index in [0.717, 1.165) is 12.8 Å². The summed E-state index contributed by atoms with van der Waals surface area (Å²) >= 11 is 0. The summed E-state index contributed by atoms with van der Waals surface area (Å²) in [5.41, 5.74) is -0.605. The number of carbonyl (C=O) groups excluding carboxylic acids is 2. The number of aliphatic hydroxyl groups excluding tert-OH is 1. The Labute approximate surface area is 274 Å². The highest BCUT2D eigenvalue weighted by molar-refractivity contribution is 5.66. The van der Waals surface area contributed by atoms with Gasteiger partial charge in [-0.1, -0.05) is 45.4 Å². The van der Waals surface area contributed by atoms with Gasteiger partial charge in [-0.15, -0.1) is 13.2 Å². The highest BCUT2D eigenvalue weighted by atomic mass is 19.4. The molecule has 1 aromatic rings. The first-order valence-corrected chi connectivity index (χ1v) is 17.1. The highest BCUT2D eigenvalue weighted by Gasteiger charge is 2.69. The van der Waals surface area contributed by atoms with Crippen LogP contribution in [0.4, 0.5) is 22.0 Å². The Balaban J connectivity index is 1.28. The number of benzene rings is 1. The third kappa shape index (κ3) is 7.02. The molecule has 4 saturated carbocycles. The maximum Gasteiger partial charge on any atom is 0.573 e. The number of fused-ring (bicyclic) bond motifs is 5. The molecule has 4 aliphatic rings. The fourth-order valence-corrected chi connectivity index (χ4v) is 10.8. The number of alkyl halides is 5. The van der Waals surface area contributed by atoms with Crippen molar-refractivity contribution in [3.63, 3.8) is 0 Å². The second kappa shape index (κ2) is 13.1. The van der Waals surface area contributed by atoms with Crippen LogP contribution in [0, 0.1) is 46.3 Å². The minimum atomic E-state index is -4.89. The summed E-state index contributed by atoms with van der Waals surface area (Å²) in [7, 11) is 0. The van der Waals surface area contributed by atoms with Gasteiger partial charge in [0.25, 0.3) is 5.92 Å². The number of esters is 2. The maximum absolute atomic E-state index is 16.3. The van der Waals surface area contributed by atoms with Gasteiger partial charge in [0.15, 0.2) is 0 Å². The lowest BCUT2D eigenvalue weighted by atomic mass is 9.43. The average molecular weight is 673 g/mol. The minimum absolute atomic E-state index is 0.150. The summed E-state index contributed by atoms with van der Waals surface area (Å²) in [6, 6.07) is 5.67. The third-order valence-electron chi connectivity index (χ3n) is 12.7. The second-order valence-corrected chi connectivity index (χ2v) is 15.3. The molecule has 11 heteroatoms. The Kier molecular flexibility index (Phi) is 10.0. The van der Waals surface area contributed by atoms with E-state index in [9.17, 15) is 27.9 Å². The molecule has 264 valence electrons. The van der Waals surface area contributed by atoms with Crippen LogP contribution in [-0.4, -0.2) is 41.5 Å². The third-order valence-corrected chi connectivity index (χ3v) is 12.7. The Hall–Kier alpha value is -2.43. The van der Waals surface area contributed by atoms with E-state index < -0.39 is 72.0 Å². The molecule has 0 saturated heterocycles. The Bertz CT molecular complexity index is 1300. The SMILES string of the molecule is CC(=O)OC(CCC[C@@H](C)[C@H]1CC[C@H]2[C@H]3[C@H](CC[C@]12C)[C@@]1(C)CC[C@H](OC(C)=O)[C@H](O)[C@@H]1CC3(F)F)c1ccccc1OC(F)(F)F. The van der Waals surface area contributed by atoms with Crippen LogP contribution in [-0.2, 0) is 19.1 Å². The molecule has 0 spiro atoms. The van der Waals surface area contributed by atoms with Gasteiger partial charge < -0.3 is 19.3 Å². The first-order valence-electron chi connectivity index (χ1n) is 17.1. The fraction of sp³-hybridized carbons (Fsp3) is 0.778. The number of hydrogen-bond donors (Lipinski definition) is 1. The molecule has 0 heterocycles. The van der Waals surface area contributed by atoms with E-state index in [0.29, 0.717) is 44.9 Å². The molecular formula is C36H49F5O6. The molecule has 1 aromatic carbocycles. The van der Waals surface area contributed by atoms with E-state index in [2.05, 4.69) is 25.5 Å². The summed E-state index contributed by atoms with van der Waals surface area (Å²) in [5.74, 6) is -5.93. The van der Waals surface area contributed by atoms with Crippen molar-refractivity contribution in [2.75, 3.05) is 0 Å². The van der Waals surface area contributed by atoms with Crippen LogP contribution in [0.1, 0.15) is 110 Å². The molecule has 4 aliphatic carbocycles. The average Bonchev–Trinajstić information content (AvgIpc) is 3.31. The summed E-state index contributed by atoms with van der Waals surface area (Å²) in [4.78, 5) is 23.5. The Morgan fingerprint density at radius 2 is 1.60 bits per heavy atom. The minimum Gasteiger partial charge on any atom is -0.460 e. The van der Waals surface area contributed by atoms with Gasteiger partial charge in [0.2, 0.25) is 0 Å². The molecule has 0 bridgehead atoms. The predicted octanol–water partition coefficient (Wildman–Crippen LogP) is 8.80. The van der Waals surface area contributed by atoms with Crippen LogP contribution in [0.5, 0.6) is 5.75 Å². The molecule has 4 fully saturated rings. The molecule has 1 N–H and O–H groups in total. The molecule has 5 rings (SSSR count). The lowest BCUT2D eigenvalue weighted by Crippen LogP contribution is -2.64. The lowest BCUT2D eigenvalue weighted by molar-refractivity contribution is -0.275. The van der Waals surface area contributed by atoms with Crippen LogP contribution in [0.3, 0.4) is 0 Å². The van der Waals surface area contributed by atoms with Crippen molar-refractivity contribution >= 4 is 11.9 Å². The number of carbonyl (C=O) groups is 2.